The molecular weight excluding hydrogens is 288 g/mol. The third-order valence-electron chi connectivity index (χ3n) is 5.02. The summed E-state index contributed by atoms with van der Waals surface area (Å²) in [4.78, 5) is 12.3. The van der Waals surface area contributed by atoms with E-state index in [1.54, 1.807) is 7.11 Å². The topological polar surface area (TPSA) is 50.4 Å². The fourth-order valence-corrected chi connectivity index (χ4v) is 3.57. The van der Waals surface area contributed by atoms with Crippen LogP contribution in [0.5, 0.6) is 0 Å². The van der Waals surface area contributed by atoms with E-state index in [1.807, 2.05) is 0 Å². The molecule has 1 amide bonds. The number of hydrogen-bond acceptors (Lipinski definition) is 3. The molecule has 1 aliphatic carbocycles. The Labute approximate surface area is 135 Å². The van der Waals surface area contributed by atoms with Gasteiger partial charge < -0.3 is 15.4 Å². The van der Waals surface area contributed by atoms with E-state index in [-0.39, 0.29) is 18.3 Å². The first-order valence-corrected chi connectivity index (χ1v) is 8.31. The smallest absolute Gasteiger partial charge is 0.252 e. The van der Waals surface area contributed by atoms with Crippen molar-refractivity contribution in [2.45, 2.75) is 63.4 Å². The van der Waals surface area contributed by atoms with Gasteiger partial charge in [-0.05, 0) is 38.3 Å². The summed E-state index contributed by atoms with van der Waals surface area (Å²) in [7, 11) is 1.66. The van der Waals surface area contributed by atoms with Crippen LogP contribution < -0.4 is 10.6 Å². The molecule has 0 aromatic heterocycles. The number of rotatable bonds is 7. The summed E-state index contributed by atoms with van der Waals surface area (Å²) < 4.78 is 5.53. The van der Waals surface area contributed by atoms with E-state index in [9.17, 15) is 4.79 Å². The van der Waals surface area contributed by atoms with E-state index in [4.69, 9.17) is 4.74 Å². The molecule has 2 N–H and O–H groups in total. The number of piperidine rings is 1. The number of hydrogen-bond donors (Lipinski definition) is 2. The van der Waals surface area contributed by atoms with Crippen molar-refractivity contribution in [3.8, 4) is 0 Å². The van der Waals surface area contributed by atoms with Gasteiger partial charge >= 0.3 is 0 Å². The molecule has 0 spiro atoms. The molecule has 21 heavy (non-hydrogen) atoms. The maximum atomic E-state index is 12.3. The van der Waals surface area contributed by atoms with Crippen LogP contribution in [0.3, 0.4) is 0 Å². The lowest BCUT2D eigenvalue weighted by atomic mass is 9.91. The Hall–Kier alpha value is -0.320. The second kappa shape index (κ2) is 9.65. The molecule has 1 heterocycles. The van der Waals surface area contributed by atoms with Crippen molar-refractivity contribution >= 4 is 18.3 Å². The first-order chi connectivity index (χ1) is 9.77. The first kappa shape index (κ1) is 18.7. The van der Waals surface area contributed by atoms with Crippen molar-refractivity contribution in [1.82, 2.24) is 10.6 Å². The second-order valence-electron chi connectivity index (χ2n) is 6.35. The van der Waals surface area contributed by atoms with Crippen LogP contribution in [-0.2, 0) is 9.53 Å². The predicted octanol–water partition coefficient (Wildman–Crippen LogP) is 2.65. The Morgan fingerprint density at radius 2 is 1.90 bits per heavy atom. The molecule has 0 aromatic carbocycles. The number of amides is 1. The monoisotopic (exact) mass is 318 g/mol. The normalized spacial score (nSPS) is 21.8. The van der Waals surface area contributed by atoms with Crippen LogP contribution in [0, 0.1) is 5.92 Å². The summed E-state index contributed by atoms with van der Waals surface area (Å²) in [6.45, 7) is 2.52. The number of methoxy groups -OCH3 is 1. The molecule has 1 saturated carbocycles. The van der Waals surface area contributed by atoms with Crippen molar-refractivity contribution in [2.75, 3.05) is 26.7 Å². The molecule has 0 aromatic rings. The summed E-state index contributed by atoms with van der Waals surface area (Å²) in [6.07, 6.45) is 10.9. The van der Waals surface area contributed by atoms with Crippen molar-refractivity contribution < 1.29 is 9.53 Å². The summed E-state index contributed by atoms with van der Waals surface area (Å²) >= 11 is 0. The van der Waals surface area contributed by atoms with Crippen LogP contribution >= 0.6 is 12.4 Å². The van der Waals surface area contributed by atoms with Crippen molar-refractivity contribution in [2.24, 2.45) is 5.92 Å². The number of ether oxygens (including phenoxy) is 1. The van der Waals surface area contributed by atoms with Crippen LogP contribution in [0.15, 0.2) is 0 Å². The van der Waals surface area contributed by atoms with Gasteiger partial charge in [0.25, 0.3) is 5.91 Å². The minimum absolute atomic E-state index is 0. The van der Waals surface area contributed by atoms with Gasteiger partial charge in [0.05, 0.1) is 0 Å². The van der Waals surface area contributed by atoms with Crippen LogP contribution in [0.25, 0.3) is 0 Å². The van der Waals surface area contributed by atoms with Gasteiger partial charge in [-0.25, -0.2) is 0 Å². The molecule has 2 aliphatic rings. The molecule has 1 saturated heterocycles. The van der Waals surface area contributed by atoms with E-state index in [2.05, 4.69) is 10.6 Å². The average Bonchev–Trinajstić information content (AvgIpc) is 3.00. The molecule has 4 nitrogen and oxygen atoms in total. The lowest BCUT2D eigenvalue weighted by molar-refractivity contribution is -0.146. The SMILES string of the molecule is COC1(C(=O)NCCCCC2CCCC2)CCNCC1.Cl. The summed E-state index contributed by atoms with van der Waals surface area (Å²) in [5, 5.41) is 6.35. The van der Waals surface area contributed by atoms with E-state index in [1.165, 1.54) is 38.5 Å². The minimum Gasteiger partial charge on any atom is -0.368 e. The molecule has 2 fully saturated rings. The van der Waals surface area contributed by atoms with Crippen molar-refractivity contribution in [3.63, 3.8) is 0 Å². The molecule has 124 valence electrons. The minimum atomic E-state index is -0.587. The maximum Gasteiger partial charge on any atom is 0.252 e. The zero-order chi connectivity index (χ0) is 14.3. The van der Waals surface area contributed by atoms with Gasteiger partial charge in [0.1, 0.15) is 5.60 Å². The van der Waals surface area contributed by atoms with Gasteiger partial charge in [-0.3, -0.25) is 4.79 Å². The number of halogens is 1. The summed E-state index contributed by atoms with van der Waals surface area (Å²) in [5.74, 6) is 1.04. The highest BCUT2D eigenvalue weighted by atomic mass is 35.5. The van der Waals surface area contributed by atoms with Crippen LogP contribution in [0.1, 0.15) is 57.8 Å². The number of carbonyl (C=O) groups is 1. The third kappa shape index (κ3) is 5.42. The Kier molecular flexibility index (Phi) is 8.60. The molecule has 0 bridgehead atoms. The van der Waals surface area contributed by atoms with Gasteiger partial charge in [0.2, 0.25) is 0 Å². The summed E-state index contributed by atoms with van der Waals surface area (Å²) in [5.41, 5.74) is -0.587. The van der Waals surface area contributed by atoms with E-state index < -0.39 is 5.60 Å². The van der Waals surface area contributed by atoms with Gasteiger partial charge in [-0.15, -0.1) is 12.4 Å². The highest BCUT2D eigenvalue weighted by molar-refractivity contribution is 5.85. The van der Waals surface area contributed by atoms with Crippen molar-refractivity contribution in [1.29, 1.82) is 0 Å². The number of unbranched alkanes of at least 4 members (excludes halogenated alkanes) is 1. The van der Waals surface area contributed by atoms with E-state index in [0.29, 0.717) is 0 Å². The standard InChI is InChI=1S/C16H30N2O2.ClH/c1-20-16(9-12-17-13-10-16)15(19)18-11-5-4-8-14-6-2-3-7-14;/h14,17H,2-13H2,1H3,(H,18,19);1H. The Morgan fingerprint density at radius 3 is 2.52 bits per heavy atom. The largest absolute Gasteiger partial charge is 0.368 e. The second-order valence-corrected chi connectivity index (χ2v) is 6.35. The van der Waals surface area contributed by atoms with E-state index >= 15 is 0 Å². The van der Waals surface area contributed by atoms with Gasteiger partial charge in [-0.1, -0.05) is 38.5 Å². The Morgan fingerprint density at radius 1 is 1.24 bits per heavy atom. The lowest BCUT2D eigenvalue weighted by Crippen LogP contribution is -2.54. The Balaban J connectivity index is 0.00000220. The maximum absolute atomic E-state index is 12.3. The number of carbonyl (C=O) groups excluding carboxylic acids is 1. The Bertz CT molecular complexity index is 301. The number of nitrogens with one attached hydrogen (secondary N) is 2. The molecule has 2 rings (SSSR count). The highest BCUT2D eigenvalue weighted by Crippen LogP contribution is 2.28. The first-order valence-electron chi connectivity index (χ1n) is 8.31. The van der Waals surface area contributed by atoms with Crippen molar-refractivity contribution in [3.05, 3.63) is 0 Å². The quantitative estimate of drug-likeness (QED) is 0.710. The van der Waals surface area contributed by atoms with Gasteiger partial charge in [-0.2, -0.15) is 0 Å². The summed E-state index contributed by atoms with van der Waals surface area (Å²) in [6, 6.07) is 0. The molecular formula is C16H31ClN2O2. The fraction of sp³-hybridized carbons (Fsp3) is 0.938. The van der Waals surface area contributed by atoms with Crippen LogP contribution in [-0.4, -0.2) is 38.3 Å². The van der Waals surface area contributed by atoms with Gasteiger partial charge in [0, 0.05) is 13.7 Å². The zero-order valence-electron chi connectivity index (χ0n) is 13.3. The fourth-order valence-electron chi connectivity index (χ4n) is 3.57. The third-order valence-corrected chi connectivity index (χ3v) is 5.02. The molecule has 0 radical (unpaired) electrons. The average molecular weight is 319 g/mol. The van der Waals surface area contributed by atoms with E-state index in [0.717, 1.165) is 44.8 Å². The highest BCUT2D eigenvalue weighted by Gasteiger charge is 2.39. The lowest BCUT2D eigenvalue weighted by Gasteiger charge is -2.34. The molecule has 1 aliphatic heterocycles. The molecule has 0 atom stereocenters. The zero-order valence-corrected chi connectivity index (χ0v) is 14.1. The molecule has 0 unspecified atom stereocenters. The molecule has 5 heteroatoms. The predicted molar refractivity (Wildman–Crippen MR) is 87.9 cm³/mol. The van der Waals surface area contributed by atoms with Crippen LogP contribution in [0.4, 0.5) is 0 Å². The van der Waals surface area contributed by atoms with Gasteiger partial charge in [0.15, 0.2) is 0 Å². The van der Waals surface area contributed by atoms with Crippen LogP contribution in [0.2, 0.25) is 0 Å².